The van der Waals surface area contributed by atoms with Gasteiger partial charge in [0.1, 0.15) is 6.29 Å². The lowest BCUT2D eigenvalue weighted by Crippen LogP contribution is -2.33. The summed E-state index contributed by atoms with van der Waals surface area (Å²) in [5, 5.41) is 12.5. The molecule has 0 bridgehead atoms. The molecule has 2 rings (SSSR count). The van der Waals surface area contributed by atoms with Crippen molar-refractivity contribution in [1.29, 1.82) is 5.26 Å². The Morgan fingerprint density at radius 1 is 1.23 bits per heavy atom. The van der Waals surface area contributed by atoms with Gasteiger partial charge < -0.3 is 15.0 Å². The molecule has 0 radical (unpaired) electrons. The average molecular weight is 347 g/mol. The maximum Gasteiger partial charge on any atom is 0.125 e. The summed E-state index contributed by atoms with van der Waals surface area (Å²) in [6.07, 6.45) is 1.74. The number of aldehydes is 1. The molecule has 0 spiro atoms. The molecule has 0 aliphatic carbocycles. The first-order valence-electron chi connectivity index (χ1n) is 8.68. The number of nitriles is 1. The molecular weight excluding hydrogens is 322 g/mol. The summed E-state index contributed by atoms with van der Waals surface area (Å²) in [6.45, 7) is 6.04. The predicted octanol–water partition coefficient (Wildman–Crippen LogP) is 4.11. The highest BCUT2D eigenvalue weighted by atomic mass is 16.1. The lowest BCUT2D eigenvalue weighted by molar-refractivity contribution is -0.112. The van der Waals surface area contributed by atoms with Crippen LogP contribution in [-0.2, 0) is 4.79 Å². The third-order valence-corrected chi connectivity index (χ3v) is 4.51. The number of nitrogens with zero attached hydrogens (tertiary/aromatic N) is 2. The number of benzene rings is 2. The second-order valence-corrected chi connectivity index (χ2v) is 6.49. The summed E-state index contributed by atoms with van der Waals surface area (Å²) < 4.78 is 0. The average Bonchev–Trinajstić information content (AvgIpc) is 2.68. The van der Waals surface area contributed by atoms with E-state index in [2.05, 4.69) is 24.0 Å². The number of hydrogen-bond acceptors (Lipinski definition) is 4. The predicted molar refractivity (Wildman–Crippen MR) is 105 cm³/mol. The molecule has 0 saturated heterocycles. The SMILES string of the molecule is C=C(NC(c1cccc(-c2cccc(C#N)c2)c1)C(C=O)CC)N(C)C. The Hall–Kier alpha value is -3.06. The van der Waals surface area contributed by atoms with Gasteiger partial charge in [0.2, 0.25) is 0 Å². The van der Waals surface area contributed by atoms with Gasteiger partial charge >= 0.3 is 0 Å². The van der Waals surface area contributed by atoms with Crippen LogP contribution in [0, 0.1) is 17.2 Å². The van der Waals surface area contributed by atoms with Crippen molar-refractivity contribution >= 4 is 6.29 Å². The molecule has 1 N–H and O–H groups in total. The lowest BCUT2D eigenvalue weighted by atomic mass is 9.90. The fourth-order valence-corrected chi connectivity index (χ4v) is 2.84. The van der Waals surface area contributed by atoms with Crippen molar-refractivity contribution in [3.8, 4) is 17.2 Å². The third-order valence-electron chi connectivity index (χ3n) is 4.51. The van der Waals surface area contributed by atoms with Crippen LogP contribution in [0.1, 0.15) is 30.5 Å². The van der Waals surface area contributed by atoms with E-state index in [0.717, 1.165) is 35.2 Å². The number of hydrogen-bond donors (Lipinski definition) is 1. The van der Waals surface area contributed by atoms with Crippen LogP contribution < -0.4 is 5.32 Å². The summed E-state index contributed by atoms with van der Waals surface area (Å²) in [5.74, 6) is 0.597. The summed E-state index contributed by atoms with van der Waals surface area (Å²) in [4.78, 5) is 13.5. The van der Waals surface area contributed by atoms with Crippen molar-refractivity contribution in [2.45, 2.75) is 19.4 Å². The summed E-state index contributed by atoms with van der Waals surface area (Å²) in [6, 6.07) is 17.6. The Labute approximate surface area is 155 Å². The molecule has 0 saturated carbocycles. The van der Waals surface area contributed by atoms with Crippen molar-refractivity contribution in [3.63, 3.8) is 0 Å². The molecule has 134 valence electrons. The second-order valence-electron chi connectivity index (χ2n) is 6.49. The molecular formula is C22H25N3O. The molecule has 26 heavy (non-hydrogen) atoms. The van der Waals surface area contributed by atoms with E-state index in [-0.39, 0.29) is 12.0 Å². The van der Waals surface area contributed by atoms with Gasteiger partial charge in [-0.1, -0.05) is 43.8 Å². The normalized spacial score (nSPS) is 12.5. The fourth-order valence-electron chi connectivity index (χ4n) is 2.84. The van der Waals surface area contributed by atoms with Crippen LogP contribution in [0.2, 0.25) is 0 Å². The molecule has 0 fully saturated rings. The van der Waals surface area contributed by atoms with Crippen LogP contribution in [0.5, 0.6) is 0 Å². The first-order valence-corrected chi connectivity index (χ1v) is 8.68. The zero-order valence-electron chi connectivity index (χ0n) is 15.6. The van der Waals surface area contributed by atoms with Crippen molar-refractivity contribution in [2.24, 2.45) is 5.92 Å². The second kappa shape index (κ2) is 8.87. The molecule has 2 aromatic rings. The number of nitrogens with one attached hydrogen (secondary N) is 1. The number of rotatable bonds is 8. The maximum absolute atomic E-state index is 11.6. The summed E-state index contributed by atoms with van der Waals surface area (Å²) in [5.41, 5.74) is 3.65. The van der Waals surface area contributed by atoms with E-state index in [0.29, 0.717) is 5.56 Å². The summed E-state index contributed by atoms with van der Waals surface area (Å²) in [7, 11) is 3.83. The molecule has 0 aliphatic rings. The van der Waals surface area contributed by atoms with E-state index in [1.54, 1.807) is 6.07 Å². The van der Waals surface area contributed by atoms with E-state index in [1.807, 2.05) is 62.3 Å². The first-order chi connectivity index (χ1) is 12.5. The van der Waals surface area contributed by atoms with Crippen LogP contribution in [0.4, 0.5) is 0 Å². The Morgan fingerprint density at radius 2 is 1.88 bits per heavy atom. The first kappa shape index (κ1) is 19.3. The molecule has 0 amide bonds. The van der Waals surface area contributed by atoms with Gasteiger partial charge in [-0.05, 0) is 41.3 Å². The van der Waals surface area contributed by atoms with E-state index >= 15 is 0 Å². The largest absolute Gasteiger partial charge is 0.365 e. The Kier molecular flexibility index (Phi) is 6.57. The minimum absolute atomic E-state index is 0.160. The molecule has 4 heteroatoms. The van der Waals surface area contributed by atoms with Crippen LogP contribution >= 0.6 is 0 Å². The van der Waals surface area contributed by atoms with Crippen LogP contribution in [0.25, 0.3) is 11.1 Å². The van der Waals surface area contributed by atoms with Gasteiger partial charge in [0.15, 0.2) is 0 Å². The highest BCUT2D eigenvalue weighted by Gasteiger charge is 2.22. The van der Waals surface area contributed by atoms with Crippen LogP contribution in [0.15, 0.2) is 60.9 Å². The van der Waals surface area contributed by atoms with Crippen LogP contribution in [-0.4, -0.2) is 25.3 Å². The number of carbonyl (C=O) groups excluding carboxylic acids is 1. The molecule has 2 unspecified atom stereocenters. The van der Waals surface area contributed by atoms with Gasteiger partial charge in [-0.2, -0.15) is 5.26 Å². The molecule has 0 heterocycles. The van der Waals surface area contributed by atoms with Crippen molar-refractivity contribution in [2.75, 3.05) is 14.1 Å². The highest BCUT2D eigenvalue weighted by Crippen LogP contribution is 2.29. The highest BCUT2D eigenvalue weighted by molar-refractivity contribution is 5.66. The van der Waals surface area contributed by atoms with Gasteiger partial charge in [-0.3, -0.25) is 0 Å². The Morgan fingerprint density at radius 3 is 2.46 bits per heavy atom. The third kappa shape index (κ3) is 4.52. The van der Waals surface area contributed by atoms with Gasteiger partial charge in [0, 0.05) is 20.0 Å². The van der Waals surface area contributed by atoms with Crippen molar-refractivity contribution in [1.82, 2.24) is 10.2 Å². The minimum Gasteiger partial charge on any atom is -0.365 e. The Bertz CT molecular complexity index is 820. The van der Waals surface area contributed by atoms with Gasteiger partial charge in [-0.25, -0.2) is 0 Å². The Balaban J connectivity index is 2.43. The van der Waals surface area contributed by atoms with Crippen molar-refractivity contribution < 1.29 is 4.79 Å². The minimum atomic E-state index is -0.161. The van der Waals surface area contributed by atoms with E-state index in [1.165, 1.54) is 0 Å². The van der Waals surface area contributed by atoms with Gasteiger partial charge in [0.05, 0.1) is 23.5 Å². The zero-order chi connectivity index (χ0) is 19.1. The van der Waals surface area contributed by atoms with E-state index in [4.69, 9.17) is 5.26 Å². The quantitative estimate of drug-likeness (QED) is 0.730. The zero-order valence-corrected chi connectivity index (χ0v) is 15.6. The molecule has 0 aliphatic heterocycles. The fraction of sp³-hybridized carbons (Fsp3) is 0.273. The topological polar surface area (TPSA) is 56.1 Å². The van der Waals surface area contributed by atoms with E-state index in [9.17, 15) is 4.79 Å². The standard InChI is InChI=1S/C22H25N3O/c1-5-18(15-26)22(24-16(2)25(3)4)21-11-7-10-20(13-21)19-9-6-8-17(12-19)14-23/h6-13,15,18,22,24H,2,5H2,1,3-4H3. The molecule has 4 nitrogen and oxygen atoms in total. The molecule has 0 aromatic heterocycles. The van der Waals surface area contributed by atoms with E-state index < -0.39 is 0 Å². The van der Waals surface area contributed by atoms with Crippen molar-refractivity contribution in [3.05, 3.63) is 72.1 Å². The summed E-state index contributed by atoms with van der Waals surface area (Å²) >= 11 is 0. The monoisotopic (exact) mass is 347 g/mol. The van der Waals surface area contributed by atoms with Crippen LogP contribution in [0.3, 0.4) is 0 Å². The van der Waals surface area contributed by atoms with Gasteiger partial charge in [0.25, 0.3) is 0 Å². The molecule has 2 atom stereocenters. The van der Waals surface area contributed by atoms with Gasteiger partial charge in [-0.15, -0.1) is 0 Å². The lowest BCUT2D eigenvalue weighted by Gasteiger charge is -2.29. The number of carbonyl (C=O) groups is 1. The molecule has 2 aromatic carbocycles. The smallest absolute Gasteiger partial charge is 0.125 e. The maximum atomic E-state index is 11.6.